The zero-order valence-corrected chi connectivity index (χ0v) is 11.1. The van der Waals surface area contributed by atoms with Crippen molar-refractivity contribution in [3.05, 3.63) is 58.9 Å². The van der Waals surface area contributed by atoms with Crippen molar-refractivity contribution in [2.45, 2.75) is 12.5 Å². The number of rotatable bonds is 3. The molecule has 2 aromatic rings. The van der Waals surface area contributed by atoms with Crippen molar-refractivity contribution in [2.75, 3.05) is 13.2 Å². The molecule has 1 aromatic carbocycles. The molecule has 0 aliphatic carbocycles. The Morgan fingerprint density at radius 2 is 2.16 bits per heavy atom. The molecule has 4 heteroatoms. The van der Waals surface area contributed by atoms with E-state index < -0.39 is 0 Å². The van der Waals surface area contributed by atoms with Gasteiger partial charge in [-0.15, -0.1) is 0 Å². The van der Waals surface area contributed by atoms with Crippen LogP contribution in [0.1, 0.15) is 17.2 Å². The van der Waals surface area contributed by atoms with Gasteiger partial charge in [-0.2, -0.15) is 0 Å². The van der Waals surface area contributed by atoms with Gasteiger partial charge in [0.25, 0.3) is 0 Å². The van der Waals surface area contributed by atoms with Gasteiger partial charge in [-0.25, -0.2) is 4.98 Å². The third kappa shape index (κ3) is 2.72. The molecule has 3 rings (SSSR count). The van der Waals surface area contributed by atoms with E-state index in [1.807, 2.05) is 12.1 Å². The van der Waals surface area contributed by atoms with Crippen LogP contribution in [-0.4, -0.2) is 18.2 Å². The summed E-state index contributed by atoms with van der Waals surface area (Å²) >= 11 is 5.97. The van der Waals surface area contributed by atoms with Gasteiger partial charge in [-0.3, -0.25) is 0 Å². The molecule has 1 aliphatic heterocycles. The minimum absolute atomic E-state index is 0.0405. The molecule has 0 saturated carbocycles. The summed E-state index contributed by atoms with van der Waals surface area (Å²) in [5.74, 6) is 0.593. The number of pyridine rings is 1. The lowest BCUT2D eigenvalue weighted by atomic mass is 9.98. The molecule has 0 N–H and O–H groups in total. The van der Waals surface area contributed by atoms with Gasteiger partial charge < -0.3 is 9.47 Å². The summed E-state index contributed by atoms with van der Waals surface area (Å²) in [6, 6.07) is 11.9. The maximum atomic E-state index is 5.97. The molecule has 2 heterocycles. The molecule has 1 aromatic heterocycles. The van der Waals surface area contributed by atoms with Crippen LogP contribution in [-0.2, 0) is 11.2 Å². The van der Waals surface area contributed by atoms with Crippen LogP contribution in [0.2, 0.25) is 5.15 Å². The van der Waals surface area contributed by atoms with Gasteiger partial charge in [-0.1, -0.05) is 35.9 Å². The molecule has 0 spiro atoms. The number of nitrogens with zero attached hydrogens (tertiary/aromatic N) is 1. The number of benzene rings is 1. The maximum absolute atomic E-state index is 5.97. The number of aromatic nitrogens is 1. The first-order valence-corrected chi connectivity index (χ1v) is 6.65. The lowest BCUT2D eigenvalue weighted by Gasteiger charge is -2.26. The van der Waals surface area contributed by atoms with E-state index in [4.69, 9.17) is 21.1 Å². The third-order valence-corrected chi connectivity index (χ3v) is 3.49. The van der Waals surface area contributed by atoms with Crippen molar-refractivity contribution < 1.29 is 9.47 Å². The highest BCUT2D eigenvalue weighted by molar-refractivity contribution is 6.30. The van der Waals surface area contributed by atoms with Crippen LogP contribution in [0.4, 0.5) is 0 Å². The van der Waals surface area contributed by atoms with Gasteiger partial charge in [0.15, 0.2) is 10.9 Å². The summed E-state index contributed by atoms with van der Waals surface area (Å²) in [6.45, 7) is 1.17. The Morgan fingerprint density at radius 3 is 3.05 bits per heavy atom. The van der Waals surface area contributed by atoms with Crippen LogP contribution in [0.25, 0.3) is 0 Å². The van der Waals surface area contributed by atoms with E-state index in [2.05, 4.69) is 23.2 Å². The lowest BCUT2D eigenvalue weighted by molar-refractivity contribution is 0.0101. The van der Waals surface area contributed by atoms with E-state index >= 15 is 0 Å². The zero-order chi connectivity index (χ0) is 13.1. The SMILES string of the molecule is Clc1ncccc1OCC1OCCc2ccccc21. The van der Waals surface area contributed by atoms with Gasteiger partial charge in [0.2, 0.25) is 0 Å². The summed E-state index contributed by atoms with van der Waals surface area (Å²) in [5.41, 5.74) is 2.54. The topological polar surface area (TPSA) is 31.4 Å². The van der Waals surface area contributed by atoms with Gasteiger partial charge >= 0.3 is 0 Å². The largest absolute Gasteiger partial charge is 0.487 e. The second-order valence-corrected chi connectivity index (χ2v) is 4.77. The van der Waals surface area contributed by atoms with Crippen LogP contribution >= 0.6 is 11.6 Å². The normalized spacial score (nSPS) is 17.8. The number of ether oxygens (including phenoxy) is 2. The predicted molar refractivity (Wildman–Crippen MR) is 73.6 cm³/mol. The molecule has 0 bridgehead atoms. The zero-order valence-electron chi connectivity index (χ0n) is 10.4. The first-order valence-electron chi connectivity index (χ1n) is 6.27. The molecule has 98 valence electrons. The molecule has 19 heavy (non-hydrogen) atoms. The number of halogens is 1. The predicted octanol–water partition coefficient (Wildman–Crippen LogP) is 3.43. The standard InChI is InChI=1S/C15H14ClNO2/c16-15-13(6-3-8-17-15)19-10-14-12-5-2-1-4-11(12)7-9-18-14/h1-6,8,14H,7,9-10H2. The van der Waals surface area contributed by atoms with Crippen LogP contribution in [0.5, 0.6) is 5.75 Å². The summed E-state index contributed by atoms with van der Waals surface area (Å²) in [4.78, 5) is 3.99. The van der Waals surface area contributed by atoms with Crippen LogP contribution in [0.3, 0.4) is 0 Å². The van der Waals surface area contributed by atoms with E-state index in [-0.39, 0.29) is 6.10 Å². The molecule has 0 radical (unpaired) electrons. The molecule has 1 atom stereocenters. The Morgan fingerprint density at radius 1 is 1.26 bits per heavy atom. The lowest BCUT2D eigenvalue weighted by Crippen LogP contribution is -2.21. The fourth-order valence-corrected chi connectivity index (χ4v) is 2.43. The molecular formula is C15H14ClNO2. The van der Waals surface area contributed by atoms with Crippen LogP contribution < -0.4 is 4.74 Å². The third-order valence-electron chi connectivity index (χ3n) is 3.21. The van der Waals surface area contributed by atoms with E-state index in [0.29, 0.717) is 17.5 Å². The van der Waals surface area contributed by atoms with Crippen molar-refractivity contribution in [1.29, 1.82) is 0 Å². The fraction of sp³-hybridized carbons (Fsp3) is 0.267. The van der Waals surface area contributed by atoms with Crippen molar-refractivity contribution in [3.8, 4) is 5.75 Å². The minimum atomic E-state index is -0.0405. The van der Waals surface area contributed by atoms with Crippen LogP contribution in [0, 0.1) is 0 Å². The summed E-state index contributed by atoms with van der Waals surface area (Å²) in [5, 5.41) is 0.381. The van der Waals surface area contributed by atoms with Gasteiger partial charge in [0.1, 0.15) is 12.7 Å². The van der Waals surface area contributed by atoms with Crippen molar-refractivity contribution in [1.82, 2.24) is 4.98 Å². The van der Waals surface area contributed by atoms with Crippen molar-refractivity contribution >= 4 is 11.6 Å². The van der Waals surface area contributed by atoms with E-state index in [9.17, 15) is 0 Å². The van der Waals surface area contributed by atoms with Crippen LogP contribution in [0.15, 0.2) is 42.6 Å². The van der Waals surface area contributed by atoms with Crippen molar-refractivity contribution in [2.24, 2.45) is 0 Å². The number of hydrogen-bond donors (Lipinski definition) is 0. The van der Waals surface area contributed by atoms with Gasteiger partial charge in [-0.05, 0) is 29.7 Å². The van der Waals surface area contributed by atoms with E-state index in [1.54, 1.807) is 12.3 Å². The maximum Gasteiger partial charge on any atom is 0.171 e. The smallest absolute Gasteiger partial charge is 0.171 e. The second-order valence-electron chi connectivity index (χ2n) is 4.41. The van der Waals surface area contributed by atoms with Gasteiger partial charge in [0.05, 0.1) is 6.61 Å². The Bertz CT molecular complexity index is 574. The quantitative estimate of drug-likeness (QED) is 0.804. The fourth-order valence-electron chi connectivity index (χ4n) is 2.26. The average Bonchev–Trinajstić information content (AvgIpc) is 2.46. The molecule has 0 fully saturated rings. The molecule has 0 amide bonds. The number of hydrogen-bond acceptors (Lipinski definition) is 3. The first kappa shape index (κ1) is 12.5. The number of fused-ring (bicyclic) bond motifs is 1. The molecular weight excluding hydrogens is 262 g/mol. The summed E-state index contributed by atoms with van der Waals surface area (Å²) in [6.07, 6.45) is 2.56. The Hall–Kier alpha value is -1.58. The Kier molecular flexibility index (Phi) is 3.67. The highest BCUT2D eigenvalue weighted by atomic mass is 35.5. The van der Waals surface area contributed by atoms with Gasteiger partial charge in [0, 0.05) is 6.20 Å². The monoisotopic (exact) mass is 275 g/mol. The average molecular weight is 276 g/mol. The summed E-state index contributed by atoms with van der Waals surface area (Å²) in [7, 11) is 0. The first-order chi connectivity index (χ1) is 9.34. The molecule has 3 nitrogen and oxygen atoms in total. The van der Waals surface area contributed by atoms with E-state index in [1.165, 1.54) is 11.1 Å². The van der Waals surface area contributed by atoms with Crippen molar-refractivity contribution in [3.63, 3.8) is 0 Å². The minimum Gasteiger partial charge on any atom is -0.487 e. The van der Waals surface area contributed by atoms with E-state index in [0.717, 1.165) is 13.0 Å². The second kappa shape index (κ2) is 5.59. The Labute approximate surface area is 117 Å². The Balaban J connectivity index is 1.73. The highest BCUT2D eigenvalue weighted by Crippen LogP contribution is 2.28. The molecule has 1 unspecified atom stereocenters. The summed E-state index contributed by atoms with van der Waals surface area (Å²) < 4.78 is 11.5. The molecule has 0 saturated heterocycles. The highest BCUT2D eigenvalue weighted by Gasteiger charge is 2.21. The molecule has 1 aliphatic rings.